The predicted octanol–water partition coefficient (Wildman–Crippen LogP) is 4.24. The van der Waals surface area contributed by atoms with Gasteiger partial charge in [-0.3, -0.25) is 9.59 Å². The third-order valence-corrected chi connectivity index (χ3v) is 4.55. The lowest BCUT2D eigenvalue weighted by molar-refractivity contribution is -0.121. The van der Waals surface area contributed by atoms with Crippen LogP contribution in [0.5, 0.6) is 0 Å². The maximum atomic E-state index is 13.6. The molecule has 0 bridgehead atoms. The van der Waals surface area contributed by atoms with Crippen molar-refractivity contribution in [3.05, 3.63) is 63.4 Å². The molecule has 0 saturated carbocycles. The van der Waals surface area contributed by atoms with Gasteiger partial charge < -0.3 is 5.32 Å². The van der Waals surface area contributed by atoms with Crippen molar-refractivity contribution in [3.63, 3.8) is 0 Å². The summed E-state index contributed by atoms with van der Waals surface area (Å²) in [6.07, 6.45) is 0.373. The Labute approximate surface area is 159 Å². The molecule has 2 aromatic rings. The smallest absolute Gasteiger partial charge is 0.257 e. The van der Waals surface area contributed by atoms with Gasteiger partial charge in [0, 0.05) is 18.0 Å². The first-order valence-electron chi connectivity index (χ1n) is 7.78. The number of halogens is 3. The lowest BCUT2D eigenvalue weighted by Crippen LogP contribution is -2.31. The lowest BCUT2D eigenvalue weighted by Gasteiger charge is -2.19. The van der Waals surface area contributed by atoms with Crippen LogP contribution in [0.2, 0.25) is 10.0 Å². The minimum atomic E-state index is -0.720. The topological polar surface area (TPSA) is 70.6 Å². The molecule has 0 radical (unpaired) electrons. The molecule has 1 atom stereocenters. The molecular formula is C18H14Cl2FN3O2. The Kier molecular flexibility index (Phi) is 5.25. The third kappa shape index (κ3) is 3.86. The molecule has 0 aromatic heterocycles. The summed E-state index contributed by atoms with van der Waals surface area (Å²) >= 11 is 11.6. The van der Waals surface area contributed by atoms with Gasteiger partial charge in [0.05, 0.1) is 21.3 Å². The largest absolute Gasteiger partial charge is 0.322 e. The van der Waals surface area contributed by atoms with Crippen molar-refractivity contribution < 1.29 is 14.0 Å². The van der Waals surface area contributed by atoms with Crippen LogP contribution in [0.3, 0.4) is 0 Å². The summed E-state index contributed by atoms with van der Waals surface area (Å²) in [7, 11) is 0. The summed E-state index contributed by atoms with van der Waals surface area (Å²) in [5.41, 5.74) is 4.58. The number of nitrogens with zero attached hydrogens (tertiary/aromatic N) is 1. The zero-order chi connectivity index (χ0) is 18.8. The summed E-state index contributed by atoms with van der Waals surface area (Å²) < 4.78 is 13.6. The summed E-state index contributed by atoms with van der Waals surface area (Å²) in [6, 6.07) is 9.14. The van der Waals surface area contributed by atoms with E-state index >= 15 is 0 Å². The fourth-order valence-corrected chi connectivity index (χ4v) is 3.09. The number of hydrogen-bond donors (Lipinski definition) is 2. The molecule has 2 aromatic carbocycles. The third-order valence-electron chi connectivity index (χ3n) is 3.95. The fourth-order valence-electron chi connectivity index (χ4n) is 2.62. The molecule has 8 heteroatoms. The first-order valence-corrected chi connectivity index (χ1v) is 8.53. The van der Waals surface area contributed by atoms with E-state index in [0.717, 1.165) is 17.3 Å². The first kappa shape index (κ1) is 18.4. The quantitative estimate of drug-likeness (QED) is 0.765. The van der Waals surface area contributed by atoms with Crippen LogP contribution in [0.4, 0.5) is 10.1 Å². The summed E-state index contributed by atoms with van der Waals surface area (Å²) in [6.45, 7) is 1.92. The summed E-state index contributed by atoms with van der Waals surface area (Å²) in [4.78, 5) is 23.6. The normalized spacial score (nSPS) is 16.7. The van der Waals surface area contributed by atoms with Gasteiger partial charge in [-0.05, 0) is 29.8 Å². The Bertz CT molecular complexity index is 913. The van der Waals surface area contributed by atoms with Crippen LogP contribution in [0.15, 0.2) is 41.5 Å². The number of hydrazone groups is 1. The Morgan fingerprint density at radius 3 is 2.58 bits per heavy atom. The highest BCUT2D eigenvalue weighted by Crippen LogP contribution is 2.25. The van der Waals surface area contributed by atoms with Gasteiger partial charge in [0.2, 0.25) is 5.91 Å². The zero-order valence-corrected chi connectivity index (χ0v) is 15.2. The van der Waals surface area contributed by atoms with Crippen molar-refractivity contribution in [1.29, 1.82) is 0 Å². The molecule has 0 aliphatic carbocycles. The molecule has 0 fully saturated rings. The maximum Gasteiger partial charge on any atom is 0.257 e. The molecule has 3 rings (SSSR count). The molecular weight excluding hydrogens is 380 g/mol. The van der Waals surface area contributed by atoms with E-state index in [1.165, 1.54) is 6.07 Å². The standard InChI is InChI=1S/C18H14Cl2FN3O2/c1-9-6-16(25)23-24-17(9)10-2-4-11(5-3-10)22-18(26)12-7-15(21)14(20)8-13(12)19/h2-5,7-9H,6H2,1H3,(H,22,26)(H,23,25). The van der Waals surface area contributed by atoms with Crippen LogP contribution >= 0.6 is 23.2 Å². The number of rotatable bonds is 3. The fraction of sp³-hybridized carbons (Fsp3) is 0.167. The van der Waals surface area contributed by atoms with Crippen molar-refractivity contribution in [2.24, 2.45) is 11.0 Å². The lowest BCUT2D eigenvalue weighted by atomic mass is 9.94. The van der Waals surface area contributed by atoms with Crippen LogP contribution in [0.1, 0.15) is 29.3 Å². The Hall–Kier alpha value is -2.44. The van der Waals surface area contributed by atoms with Gasteiger partial charge in [0.25, 0.3) is 5.91 Å². The Morgan fingerprint density at radius 2 is 1.92 bits per heavy atom. The molecule has 5 nitrogen and oxygen atoms in total. The highest BCUT2D eigenvalue weighted by Gasteiger charge is 2.21. The van der Waals surface area contributed by atoms with E-state index in [-0.39, 0.29) is 27.4 Å². The van der Waals surface area contributed by atoms with Crippen LogP contribution in [-0.4, -0.2) is 17.5 Å². The van der Waals surface area contributed by atoms with Crippen molar-refractivity contribution in [2.75, 3.05) is 5.32 Å². The molecule has 2 N–H and O–H groups in total. The highest BCUT2D eigenvalue weighted by atomic mass is 35.5. The van der Waals surface area contributed by atoms with Gasteiger partial charge >= 0.3 is 0 Å². The number of anilines is 1. The van der Waals surface area contributed by atoms with E-state index in [4.69, 9.17) is 23.2 Å². The number of amides is 2. The predicted molar refractivity (Wildman–Crippen MR) is 99.3 cm³/mol. The molecule has 134 valence electrons. The van der Waals surface area contributed by atoms with Crippen molar-refractivity contribution in [1.82, 2.24) is 5.43 Å². The van der Waals surface area contributed by atoms with Gasteiger partial charge in [0.15, 0.2) is 0 Å². The number of hydrogen-bond acceptors (Lipinski definition) is 3. The van der Waals surface area contributed by atoms with Crippen molar-refractivity contribution in [2.45, 2.75) is 13.3 Å². The number of carbonyl (C=O) groups is 2. The first-order chi connectivity index (χ1) is 12.3. The molecule has 2 amide bonds. The van der Waals surface area contributed by atoms with Gasteiger partial charge in [-0.1, -0.05) is 42.3 Å². The van der Waals surface area contributed by atoms with Crippen LogP contribution in [-0.2, 0) is 4.79 Å². The zero-order valence-electron chi connectivity index (χ0n) is 13.6. The van der Waals surface area contributed by atoms with Gasteiger partial charge in [-0.15, -0.1) is 0 Å². The molecule has 26 heavy (non-hydrogen) atoms. The van der Waals surface area contributed by atoms with Crippen molar-refractivity contribution in [3.8, 4) is 0 Å². The summed E-state index contributed by atoms with van der Waals surface area (Å²) in [5, 5.41) is 6.65. The minimum absolute atomic E-state index is 0.0000372. The molecule has 0 saturated heterocycles. The van der Waals surface area contributed by atoms with Gasteiger partial charge in [0.1, 0.15) is 5.82 Å². The van der Waals surface area contributed by atoms with E-state index in [9.17, 15) is 14.0 Å². The highest BCUT2D eigenvalue weighted by molar-refractivity contribution is 6.37. The number of benzene rings is 2. The molecule has 1 heterocycles. The van der Waals surface area contributed by atoms with Crippen LogP contribution in [0, 0.1) is 11.7 Å². The second kappa shape index (κ2) is 7.43. The van der Waals surface area contributed by atoms with Gasteiger partial charge in [-0.2, -0.15) is 5.10 Å². The molecule has 1 aliphatic rings. The molecule has 0 spiro atoms. The van der Waals surface area contributed by atoms with Crippen LogP contribution in [0.25, 0.3) is 0 Å². The monoisotopic (exact) mass is 393 g/mol. The molecule has 1 aliphatic heterocycles. The number of nitrogens with one attached hydrogen (secondary N) is 2. The van der Waals surface area contributed by atoms with E-state index in [2.05, 4.69) is 15.8 Å². The van der Waals surface area contributed by atoms with Gasteiger partial charge in [-0.25, -0.2) is 9.82 Å². The van der Waals surface area contributed by atoms with E-state index in [0.29, 0.717) is 12.1 Å². The average molecular weight is 394 g/mol. The van der Waals surface area contributed by atoms with E-state index < -0.39 is 11.7 Å². The summed E-state index contributed by atoms with van der Waals surface area (Å²) in [5.74, 6) is -1.38. The second-order valence-electron chi connectivity index (χ2n) is 5.91. The van der Waals surface area contributed by atoms with Crippen LogP contribution < -0.4 is 10.7 Å². The van der Waals surface area contributed by atoms with E-state index in [1.54, 1.807) is 24.3 Å². The second-order valence-corrected chi connectivity index (χ2v) is 6.73. The Morgan fingerprint density at radius 1 is 1.23 bits per heavy atom. The maximum absolute atomic E-state index is 13.6. The SMILES string of the molecule is CC1CC(=O)NN=C1c1ccc(NC(=O)c2cc(F)c(Cl)cc2Cl)cc1. The molecule has 1 unspecified atom stereocenters. The average Bonchev–Trinajstić information content (AvgIpc) is 2.59. The number of carbonyl (C=O) groups excluding carboxylic acids is 2. The Balaban J connectivity index is 1.77. The van der Waals surface area contributed by atoms with E-state index in [1.807, 2.05) is 6.92 Å². The minimum Gasteiger partial charge on any atom is -0.322 e. The van der Waals surface area contributed by atoms with Crippen molar-refractivity contribution >= 4 is 46.4 Å².